The molecule has 1 saturated heterocycles. The summed E-state index contributed by atoms with van der Waals surface area (Å²) in [6, 6.07) is 0.647. The summed E-state index contributed by atoms with van der Waals surface area (Å²) < 4.78 is 0. The molecule has 1 atom stereocenters. The van der Waals surface area contributed by atoms with E-state index >= 15 is 0 Å². The van der Waals surface area contributed by atoms with Crippen LogP contribution < -0.4 is 5.32 Å². The Morgan fingerprint density at radius 1 is 1.24 bits per heavy atom. The SMILES string of the molecule is CCC1(N2CCCNC(C(C)(C)C)C2)CCC1. The van der Waals surface area contributed by atoms with Crippen molar-refractivity contribution in [3.63, 3.8) is 0 Å². The number of rotatable bonds is 2. The van der Waals surface area contributed by atoms with Gasteiger partial charge in [0, 0.05) is 18.1 Å². The van der Waals surface area contributed by atoms with Gasteiger partial charge in [0.15, 0.2) is 0 Å². The molecule has 17 heavy (non-hydrogen) atoms. The number of hydrogen-bond acceptors (Lipinski definition) is 2. The molecule has 0 aromatic heterocycles. The molecule has 2 aliphatic rings. The minimum absolute atomic E-state index is 0.376. The zero-order chi connectivity index (χ0) is 12.5. The molecular formula is C15H30N2. The minimum atomic E-state index is 0.376. The van der Waals surface area contributed by atoms with Crippen LogP contribution in [0.4, 0.5) is 0 Å². The van der Waals surface area contributed by atoms with Gasteiger partial charge in [-0.1, -0.05) is 27.7 Å². The van der Waals surface area contributed by atoms with E-state index in [0.29, 0.717) is 17.0 Å². The molecular weight excluding hydrogens is 208 g/mol. The van der Waals surface area contributed by atoms with Gasteiger partial charge in [-0.15, -0.1) is 0 Å². The lowest BCUT2D eigenvalue weighted by Crippen LogP contribution is -2.57. The third kappa shape index (κ3) is 2.68. The Morgan fingerprint density at radius 2 is 1.94 bits per heavy atom. The van der Waals surface area contributed by atoms with Gasteiger partial charge in [0.2, 0.25) is 0 Å². The highest BCUT2D eigenvalue weighted by atomic mass is 15.2. The summed E-state index contributed by atoms with van der Waals surface area (Å²) in [5.74, 6) is 0. The molecule has 2 heteroatoms. The van der Waals surface area contributed by atoms with Gasteiger partial charge in [-0.25, -0.2) is 0 Å². The van der Waals surface area contributed by atoms with E-state index in [-0.39, 0.29) is 0 Å². The van der Waals surface area contributed by atoms with Gasteiger partial charge in [0.05, 0.1) is 0 Å². The van der Waals surface area contributed by atoms with Crippen molar-refractivity contribution < 1.29 is 0 Å². The zero-order valence-electron chi connectivity index (χ0n) is 12.2. The van der Waals surface area contributed by atoms with Crippen LogP contribution in [0.5, 0.6) is 0 Å². The van der Waals surface area contributed by atoms with Gasteiger partial charge in [-0.2, -0.15) is 0 Å². The molecule has 1 saturated carbocycles. The predicted octanol–water partition coefficient (Wildman–Crippen LogP) is 3.03. The first kappa shape index (κ1) is 13.4. The lowest BCUT2D eigenvalue weighted by Gasteiger charge is -2.51. The number of hydrogen-bond donors (Lipinski definition) is 1. The molecule has 1 heterocycles. The average Bonchev–Trinajstić information content (AvgIpc) is 2.42. The average molecular weight is 238 g/mol. The summed E-state index contributed by atoms with van der Waals surface area (Å²) in [6.45, 7) is 13.2. The van der Waals surface area contributed by atoms with Crippen LogP contribution in [0.1, 0.15) is 59.8 Å². The van der Waals surface area contributed by atoms with Crippen molar-refractivity contribution in [2.75, 3.05) is 19.6 Å². The molecule has 0 bridgehead atoms. The third-order valence-electron chi connectivity index (χ3n) is 5.06. The normalized spacial score (nSPS) is 30.7. The third-order valence-corrected chi connectivity index (χ3v) is 5.06. The second-order valence-electron chi connectivity index (χ2n) is 7.10. The van der Waals surface area contributed by atoms with Crippen molar-refractivity contribution in [1.82, 2.24) is 10.2 Å². The van der Waals surface area contributed by atoms with Crippen molar-refractivity contribution in [3.8, 4) is 0 Å². The molecule has 1 unspecified atom stereocenters. The second-order valence-corrected chi connectivity index (χ2v) is 7.10. The fourth-order valence-corrected chi connectivity index (χ4v) is 3.41. The van der Waals surface area contributed by atoms with E-state index in [1.807, 2.05) is 0 Å². The topological polar surface area (TPSA) is 15.3 Å². The quantitative estimate of drug-likeness (QED) is 0.795. The van der Waals surface area contributed by atoms with E-state index in [9.17, 15) is 0 Å². The van der Waals surface area contributed by atoms with Crippen LogP contribution in [0.25, 0.3) is 0 Å². The lowest BCUT2D eigenvalue weighted by atomic mass is 9.72. The van der Waals surface area contributed by atoms with Gasteiger partial charge in [0.25, 0.3) is 0 Å². The van der Waals surface area contributed by atoms with Gasteiger partial charge in [-0.3, -0.25) is 4.90 Å². The van der Waals surface area contributed by atoms with Crippen molar-refractivity contribution in [2.24, 2.45) is 5.41 Å². The Hall–Kier alpha value is -0.0800. The lowest BCUT2D eigenvalue weighted by molar-refractivity contribution is 0.00319. The Morgan fingerprint density at radius 3 is 2.41 bits per heavy atom. The second kappa shape index (κ2) is 4.89. The largest absolute Gasteiger partial charge is 0.312 e. The minimum Gasteiger partial charge on any atom is -0.312 e. The van der Waals surface area contributed by atoms with Crippen molar-refractivity contribution in [2.45, 2.75) is 71.4 Å². The van der Waals surface area contributed by atoms with Crippen molar-refractivity contribution >= 4 is 0 Å². The van der Waals surface area contributed by atoms with Crippen molar-refractivity contribution in [3.05, 3.63) is 0 Å². The summed E-state index contributed by atoms with van der Waals surface area (Å²) in [5.41, 5.74) is 0.941. The Bertz CT molecular complexity index is 245. The van der Waals surface area contributed by atoms with E-state index < -0.39 is 0 Å². The molecule has 100 valence electrons. The van der Waals surface area contributed by atoms with Gasteiger partial charge < -0.3 is 5.32 Å². The maximum absolute atomic E-state index is 3.75. The molecule has 2 nitrogen and oxygen atoms in total. The summed E-state index contributed by atoms with van der Waals surface area (Å²) in [5, 5.41) is 3.75. The summed E-state index contributed by atoms with van der Waals surface area (Å²) >= 11 is 0. The van der Waals surface area contributed by atoms with E-state index in [4.69, 9.17) is 0 Å². The fraction of sp³-hybridized carbons (Fsp3) is 1.00. The molecule has 1 N–H and O–H groups in total. The van der Waals surface area contributed by atoms with E-state index in [0.717, 1.165) is 0 Å². The highest BCUT2D eigenvalue weighted by molar-refractivity contribution is 5.00. The summed E-state index contributed by atoms with van der Waals surface area (Å²) in [7, 11) is 0. The first-order valence-corrected chi connectivity index (χ1v) is 7.46. The molecule has 0 amide bonds. The smallest absolute Gasteiger partial charge is 0.0243 e. The van der Waals surface area contributed by atoms with E-state index in [1.54, 1.807) is 0 Å². The van der Waals surface area contributed by atoms with Crippen LogP contribution in [-0.2, 0) is 0 Å². The monoisotopic (exact) mass is 238 g/mol. The molecule has 1 aliphatic carbocycles. The Kier molecular flexibility index (Phi) is 3.84. The molecule has 0 radical (unpaired) electrons. The van der Waals surface area contributed by atoms with E-state index in [1.165, 1.54) is 51.7 Å². The van der Waals surface area contributed by atoms with Crippen LogP contribution >= 0.6 is 0 Å². The molecule has 0 aromatic rings. The summed E-state index contributed by atoms with van der Waals surface area (Å²) in [4.78, 5) is 2.81. The molecule has 0 spiro atoms. The van der Waals surface area contributed by atoms with Gasteiger partial charge in [-0.05, 0) is 50.6 Å². The Balaban J connectivity index is 2.07. The van der Waals surface area contributed by atoms with Crippen LogP contribution in [0.2, 0.25) is 0 Å². The fourth-order valence-electron chi connectivity index (χ4n) is 3.41. The van der Waals surface area contributed by atoms with Crippen molar-refractivity contribution in [1.29, 1.82) is 0 Å². The molecule has 1 aliphatic heterocycles. The van der Waals surface area contributed by atoms with E-state index in [2.05, 4.69) is 37.9 Å². The zero-order valence-corrected chi connectivity index (χ0v) is 12.2. The molecule has 2 rings (SSSR count). The number of nitrogens with zero attached hydrogens (tertiary/aromatic N) is 1. The Labute approximate surface area is 107 Å². The predicted molar refractivity (Wildman–Crippen MR) is 74.3 cm³/mol. The molecule has 0 aromatic carbocycles. The van der Waals surface area contributed by atoms with Gasteiger partial charge in [0.1, 0.15) is 0 Å². The first-order valence-electron chi connectivity index (χ1n) is 7.46. The maximum Gasteiger partial charge on any atom is 0.0243 e. The number of nitrogens with one attached hydrogen (secondary N) is 1. The standard InChI is InChI=1S/C15H30N2/c1-5-15(8-6-9-15)17-11-7-10-16-13(12-17)14(2,3)4/h13,16H,5-12H2,1-4H3. The molecule has 2 fully saturated rings. The van der Waals surface area contributed by atoms with Crippen LogP contribution in [-0.4, -0.2) is 36.1 Å². The highest BCUT2D eigenvalue weighted by Crippen LogP contribution is 2.41. The first-order chi connectivity index (χ1) is 7.98. The summed E-state index contributed by atoms with van der Waals surface area (Å²) in [6.07, 6.45) is 6.96. The van der Waals surface area contributed by atoms with Crippen LogP contribution in [0.15, 0.2) is 0 Å². The van der Waals surface area contributed by atoms with Crippen LogP contribution in [0.3, 0.4) is 0 Å². The maximum atomic E-state index is 3.75. The van der Waals surface area contributed by atoms with Gasteiger partial charge >= 0.3 is 0 Å². The highest BCUT2D eigenvalue weighted by Gasteiger charge is 2.42. The van der Waals surface area contributed by atoms with Crippen LogP contribution in [0, 0.1) is 5.41 Å².